The van der Waals surface area contributed by atoms with Gasteiger partial charge in [-0.2, -0.15) is 0 Å². The van der Waals surface area contributed by atoms with Gasteiger partial charge in [0, 0.05) is 36.9 Å². The summed E-state index contributed by atoms with van der Waals surface area (Å²) in [6, 6.07) is 27.4. The smallest absolute Gasteiger partial charge is 0.408 e. The molecular weight excluding hydrogens is 628 g/mol. The number of carbonyl (C=O) groups is 3. The van der Waals surface area contributed by atoms with E-state index in [1.807, 2.05) is 78.9 Å². The molecule has 6 rings (SSSR count). The Morgan fingerprint density at radius 2 is 1.67 bits per heavy atom. The van der Waals surface area contributed by atoms with Crippen molar-refractivity contribution in [3.8, 4) is 0 Å². The van der Waals surface area contributed by atoms with E-state index in [2.05, 4.69) is 20.5 Å². The molecule has 3 aromatic carbocycles. The maximum atomic E-state index is 13.8. The number of pyridine rings is 1. The molecule has 3 heterocycles. The molecule has 48 heavy (non-hydrogen) atoms. The third-order valence-electron chi connectivity index (χ3n) is 7.91. The summed E-state index contributed by atoms with van der Waals surface area (Å²) in [4.78, 5) is 51.8. The number of morpholine rings is 1. The van der Waals surface area contributed by atoms with Crippen LogP contribution >= 0.6 is 11.8 Å². The number of aliphatic imine (C=N–C) groups is 1. The highest BCUT2D eigenvalue weighted by Crippen LogP contribution is 2.41. The molecule has 2 aliphatic rings. The van der Waals surface area contributed by atoms with Gasteiger partial charge in [-0.15, -0.1) is 0 Å². The molecule has 246 valence electrons. The highest BCUT2D eigenvalue weighted by atomic mass is 32.2. The van der Waals surface area contributed by atoms with Crippen LogP contribution in [-0.2, 0) is 32.2 Å². The minimum atomic E-state index is -0.830. The van der Waals surface area contributed by atoms with Crippen LogP contribution in [0.25, 0.3) is 0 Å². The van der Waals surface area contributed by atoms with E-state index in [4.69, 9.17) is 14.5 Å². The number of rotatable bonds is 10. The van der Waals surface area contributed by atoms with Gasteiger partial charge in [0.15, 0.2) is 5.17 Å². The van der Waals surface area contributed by atoms with Crippen molar-refractivity contribution in [3.63, 3.8) is 0 Å². The third kappa shape index (κ3) is 8.38. The highest BCUT2D eigenvalue weighted by Gasteiger charge is 2.39. The Morgan fingerprint density at radius 3 is 2.38 bits per heavy atom. The second kappa shape index (κ2) is 15.6. The Hall–Kier alpha value is -5.20. The van der Waals surface area contributed by atoms with Crippen LogP contribution in [-0.4, -0.2) is 65.3 Å². The van der Waals surface area contributed by atoms with Gasteiger partial charge in [-0.05, 0) is 72.1 Å². The molecule has 3 amide bonds. The Bertz CT molecular complexity index is 1730. The number of aromatic nitrogens is 1. The summed E-state index contributed by atoms with van der Waals surface area (Å²) in [6.45, 7) is 5.17. The maximum absolute atomic E-state index is 13.8. The topological polar surface area (TPSA) is 125 Å². The normalized spacial score (nSPS) is 17.6. The van der Waals surface area contributed by atoms with E-state index in [0.29, 0.717) is 30.6 Å². The molecule has 1 aromatic heterocycles. The number of thioether (sulfide) groups is 1. The number of carbonyl (C=O) groups excluding carboxylic acids is 3. The second-order valence-corrected chi connectivity index (χ2v) is 12.4. The van der Waals surface area contributed by atoms with Gasteiger partial charge in [0.05, 0.1) is 25.4 Å². The number of alkyl carbamates (subject to hydrolysis) is 1. The molecule has 4 aromatic rings. The standard InChI is InChI=1S/C36H36N6O5S/c1-25(38-36(45)47-24-27-5-3-2-4-6-27)33(43)39-29-9-7-28(8-10-29)32-34(44)42(23-26-15-17-37-18-16-26)35(48-32)40-30-11-13-31(14-12-30)41-19-21-46-22-20-41/h2-18,25,32H,19-24H2,1H3,(H,38,45)(H,39,43)/b40-35-/t25-,32?/m0/s1. The molecule has 2 N–H and O–H groups in total. The lowest BCUT2D eigenvalue weighted by Crippen LogP contribution is -2.41. The summed E-state index contributed by atoms with van der Waals surface area (Å²) >= 11 is 1.40. The Balaban J connectivity index is 1.11. The van der Waals surface area contributed by atoms with Crippen molar-refractivity contribution in [2.75, 3.05) is 36.5 Å². The van der Waals surface area contributed by atoms with Crippen LogP contribution in [0.4, 0.5) is 21.9 Å². The van der Waals surface area contributed by atoms with Crippen LogP contribution in [0.2, 0.25) is 0 Å². The van der Waals surface area contributed by atoms with Crippen LogP contribution in [0.15, 0.2) is 108 Å². The van der Waals surface area contributed by atoms with Gasteiger partial charge in [-0.1, -0.05) is 54.2 Å². The van der Waals surface area contributed by atoms with E-state index in [9.17, 15) is 14.4 Å². The van der Waals surface area contributed by atoms with E-state index in [0.717, 1.165) is 41.2 Å². The summed E-state index contributed by atoms with van der Waals surface area (Å²) in [7, 11) is 0. The number of anilines is 2. The average molecular weight is 665 g/mol. The lowest BCUT2D eigenvalue weighted by molar-refractivity contribution is -0.126. The summed E-state index contributed by atoms with van der Waals surface area (Å²) in [5.74, 6) is -0.479. The molecule has 0 saturated carbocycles. The lowest BCUT2D eigenvalue weighted by atomic mass is 10.1. The zero-order valence-electron chi connectivity index (χ0n) is 26.5. The number of amides is 3. The van der Waals surface area contributed by atoms with Gasteiger partial charge in [0.1, 0.15) is 17.9 Å². The highest BCUT2D eigenvalue weighted by molar-refractivity contribution is 8.15. The van der Waals surface area contributed by atoms with Crippen molar-refractivity contribution < 1.29 is 23.9 Å². The van der Waals surface area contributed by atoms with Gasteiger partial charge in [0.2, 0.25) is 11.8 Å². The predicted octanol–water partition coefficient (Wildman–Crippen LogP) is 5.68. The van der Waals surface area contributed by atoms with Crippen LogP contribution in [0.1, 0.15) is 28.9 Å². The number of amidine groups is 1. The van der Waals surface area contributed by atoms with Crippen molar-refractivity contribution >= 4 is 51.9 Å². The molecule has 1 unspecified atom stereocenters. The summed E-state index contributed by atoms with van der Waals surface area (Å²) in [5.41, 5.74) is 4.98. The number of hydrogen-bond donors (Lipinski definition) is 2. The lowest BCUT2D eigenvalue weighted by Gasteiger charge is -2.28. The fraction of sp³-hybridized carbons (Fsp3) is 0.250. The number of nitrogens with one attached hydrogen (secondary N) is 2. The summed E-state index contributed by atoms with van der Waals surface area (Å²) in [6.07, 6.45) is 2.73. The fourth-order valence-corrected chi connectivity index (χ4v) is 6.41. The first-order chi connectivity index (χ1) is 23.4. The molecule has 2 fully saturated rings. The molecule has 0 aliphatic carbocycles. The van der Waals surface area contributed by atoms with Gasteiger partial charge in [0.25, 0.3) is 0 Å². The van der Waals surface area contributed by atoms with E-state index in [1.165, 1.54) is 11.8 Å². The second-order valence-electron chi connectivity index (χ2n) is 11.3. The van der Waals surface area contributed by atoms with E-state index in [1.54, 1.807) is 36.4 Å². The van der Waals surface area contributed by atoms with Crippen LogP contribution in [0.5, 0.6) is 0 Å². The Morgan fingerprint density at radius 1 is 0.958 bits per heavy atom. The average Bonchev–Trinajstić information content (AvgIpc) is 3.42. The molecule has 2 saturated heterocycles. The molecule has 2 aliphatic heterocycles. The molecule has 0 spiro atoms. The van der Waals surface area contributed by atoms with Gasteiger partial charge >= 0.3 is 6.09 Å². The minimum Gasteiger partial charge on any atom is -0.445 e. The van der Waals surface area contributed by atoms with Crippen LogP contribution in [0.3, 0.4) is 0 Å². The molecule has 0 bridgehead atoms. The molecule has 0 radical (unpaired) electrons. The SMILES string of the molecule is C[C@H](NC(=O)OCc1ccccc1)C(=O)Nc1ccc(C2S/C(=N\c3ccc(N4CCOCC4)cc3)N(Cc3ccncc3)C2=O)cc1. The molecule has 11 nitrogen and oxygen atoms in total. The number of hydrogen-bond acceptors (Lipinski definition) is 9. The van der Waals surface area contributed by atoms with Crippen LogP contribution in [0, 0.1) is 0 Å². The van der Waals surface area contributed by atoms with Gasteiger partial charge < -0.3 is 25.0 Å². The number of ether oxygens (including phenoxy) is 2. The van der Waals surface area contributed by atoms with Crippen molar-refractivity contribution in [3.05, 3.63) is 120 Å². The zero-order chi connectivity index (χ0) is 33.3. The maximum Gasteiger partial charge on any atom is 0.408 e. The molecular formula is C36H36N6O5S. The monoisotopic (exact) mass is 664 g/mol. The number of nitrogens with zero attached hydrogens (tertiary/aromatic N) is 4. The largest absolute Gasteiger partial charge is 0.445 e. The number of benzene rings is 3. The predicted molar refractivity (Wildman–Crippen MR) is 186 cm³/mol. The summed E-state index contributed by atoms with van der Waals surface area (Å²) < 4.78 is 10.7. The minimum absolute atomic E-state index is 0.0795. The third-order valence-corrected chi connectivity index (χ3v) is 9.14. The zero-order valence-corrected chi connectivity index (χ0v) is 27.3. The van der Waals surface area contributed by atoms with Crippen molar-refractivity contribution in [2.24, 2.45) is 4.99 Å². The van der Waals surface area contributed by atoms with E-state index < -0.39 is 23.3 Å². The van der Waals surface area contributed by atoms with Gasteiger partial charge in [-0.3, -0.25) is 19.5 Å². The Kier molecular flexibility index (Phi) is 10.6. The quantitative estimate of drug-likeness (QED) is 0.222. The van der Waals surface area contributed by atoms with Crippen molar-refractivity contribution in [1.29, 1.82) is 0 Å². The Labute approximate surface area is 283 Å². The summed E-state index contributed by atoms with van der Waals surface area (Å²) in [5, 5.41) is 5.46. The molecule has 2 atom stereocenters. The van der Waals surface area contributed by atoms with E-state index >= 15 is 0 Å². The first-order valence-electron chi connectivity index (χ1n) is 15.7. The van der Waals surface area contributed by atoms with Crippen molar-refractivity contribution in [2.45, 2.75) is 31.4 Å². The fourth-order valence-electron chi connectivity index (χ4n) is 5.24. The molecule has 12 heteroatoms. The first kappa shape index (κ1) is 32.7. The van der Waals surface area contributed by atoms with Gasteiger partial charge in [-0.25, -0.2) is 9.79 Å². The first-order valence-corrected chi connectivity index (χ1v) is 16.6. The van der Waals surface area contributed by atoms with E-state index in [-0.39, 0.29) is 12.5 Å². The van der Waals surface area contributed by atoms with Crippen LogP contribution < -0.4 is 15.5 Å². The van der Waals surface area contributed by atoms with Crippen molar-refractivity contribution in [1.82, 2.24) is 15.2 Å².